The molecule has 0 aliphatic heterocycles. The minimum atomic E-state index is -0.546. The summed E-state index contributed by atoms with van der Waals surface area (Å²) in [6, 6.07) is 16.8. The summed E-state index contributed by atoms with van der Waals surface area (Å²) in [4.78, 5) is 24.1. The molecule has 0 aliphatic rings. The fourth-order valence-electron chi connectivity index (χ4n) is 2.76. The van der Waals surface area contributed by atoms with Gasteiger partial charge >= 0.3 is 5.97 Å². The number of hydrogen-bond acceptors (Lipinski definition) is 5. The van der Waals surface area contributed by atoms with Crippen LogP contribution < -0.4 is 14.9 Å². The first kappa shape index (κ1) is 23.3. The Labute approximate surface area is 195 Å². The summed E-state index contributed by atoms with van der Waals surface area (Å²) in [6.45, 7) is 3.56. The highest BCUT2D eigenvalue weighted by molar-refractivity contribution is 6.33. The molecule has 1 amide bonds. The van der Waals surface area contributed by atoms with Crippen LogP contribution in [0.2, 0.25) is 10.0 Å². The molecule has 0 spiro atoms. The van der Waals surface area contributed by atoms with E-state index in [1.807, 2.05) is 13.8 Å². The molecule has 164 valence electrons. The van der Waals surface area contributed by atoms with Crippen molar-refractivity contribution in [2.24, 2.45) is 5.10 Å². The number of hydrogen-bond donors (Lipinski definition) is 1. The molecular formula is C24H20Cl2N2O4. The second-order valence-corrected chi connectivity index (χ2v) is 7.68. The van der Waals surface area contributed by atoms with Crippen LogP contribution in [0.4, 0.5) is 0 Å². The fourth-order valence-corrected chi connectivity index (χ4v) is 3.08. The van der Waals surface area contributed by atoms with Crippen molar-refractivity contribution in [1.82, 2.24) is 5.43 Å². The maximum atomic E-state index is 12.2. The molecule has 0 saturated carbocycles. The molecular weight excluding hydrogens is 451 g/mol. The smallest absolute Gasteiger partial charge is 0.345 e. The van der Waals surface area contributed by atoms with E-state index in [2.05, 4.69) is 10.5 Å². The van der Waals surface area contributed by atoms with Crippen molar-refractivity contribution in [3.05, 3.63) is 93.0 Å². The third-order valence-corrected chi connectivity index (χ3v) is 5.29. The summed E-state index contributed by atoms with van der Waals surface area (Å²) >= 11 is 12.1. The third kappa shape index (κ3) is 6.33. The average Bonchev–Trinajstić information content (AvgIpc) is 2.77. The van der Waals surface area contributed by atoms with Gasteiger partial charge in [-0.1, -0.05) is 35.3 Å². The van der Waals surface area contributed by atoms with Gasteiger partial charge in [-0.25, -0.2) is 10.2 Å². The predicted octanol–water partition coefficient (Wildman–Crippen LogP) is 5.36. The maximum Gasteiger partial charge on any atom is 0.345 e. The van der Waals surface area contributed by atoms with Crippen LogP contribution in [0.25, 0.3) is 0 Å². The standard InChI is InChI=1S/C24H20Cl2N2O4/c1-15-11-19(12-16(2)23(15)26)31-14-22(29)28-27-13-17-7-9-18(10-8-17)32-24(30)20-5-3-4-6-21(20)25/h3-13H,14H2,1-2H3,(H,28,29)/b27-13-. The van der Waals surface area contributed by atoms with Gasteiger partial charge in [-0.2, -0.15) is 5.10 Å². The molecule has 0 bridgehead atoms. The fraction of sp³-hybridized carbons (Fsp3) is 0.125. The minimum Gasteiger partial charge on any atom is -0.484 e. The van der Waals surface area contributed by atoms with Crippen LogP contribution in [-0.2, 0) is 4.79 Å². The Hall–Kier alpha value is -3.35. The lowest BCUT2D eigenvalue weighted by Gasteiger charge is -2.09. The van der Waals surface area contributed by atoms with Crippen molar-refractivity contribution in [3.63, 3.8) is 0 Å². The Morgan fingerprint density at radius 3 is 2.28 bits per heavy atom. The van der Waals surface area contributed by atoms with E-state index >= 15 is 0 Å². The minimum absolute atomic E-state index is 0.186. The van der Waals surface area contributed by atoms with E-state index in [0.717, 1.165) is 11.1 Å². The largest absolute Gasteiger partial charge is 0.484 e. The normalized spacial score (nSPS) is 10.8. The van der Waals surface area contributed by atoms with Gasteiger partial charge < -0.3 is 9.47 Å². The molecule has 0 radical (unpaired) electrons. The molecule has 0 unspecified atom stereocenters. The molecule has 3 rings (SSSR count). The van der Waals surface area contributed by atoms with Crippen molar-refractivity contribution in [3.8, 4) is 11.5 Å². The highest BCUT2D eigenvalue weighted by atomic mass is 35.5. The first-order valence-corrected chi connectivity index (χ1v) is 10.4. The van der Waals surface area contributed by atoms with Gasteiger partial charge in [-0.05, 0) is 79.1 Å². The average molecular weight is 471 g/mol. The number of rotatable bonds is 7. The van der Waals surface area contributed by atoms with Crippen LogP contribution in [0.15, 0.2) is 65.8 Å². The molecule has 0 saturated heterocycles. The number of halogens is 2. The quantitative estimate of drug-likeness (QED) is 0.218. The molecule has 0 fully saturated rings. The van der Waals surface area contributed by atoms with Crippen LogP contribution in [0.5, 0.6) is 11.5 Å². The summed E-state index contributed by atoms with van der Waals surface area (Å²) in [6.07, 6.45) is 1.47. The summed E-state index contributed by atoms with van der Waals surface area (Å²) < 4.78 is 10.8. The first-order chi connectivity index (χ1) is 15.3. The van der Waals surface area contributed by atoms with Gasteiger partial charge in [0.25, 0.3) is 5.91 Å². The van der Waals surface area contributed by atoms with Gasteiger partial charge in [0.1, 0.15) is 11.5 Å². The zero-order valence-electron chi connectivity index (χ0n) is 17.4. The van der Waals surface area contributed by atoms with Gasteiger partial charge in [0.05, 0.1) is 16.8 Å². The lowest BCUT2D eigenvalue weighted by atomic mass is 10.1. The molecule has 3 aromatic rings. The molecule has 0 aliphatic carbocycles. The number of amides is 1. The number of esters is 1. The Kier molecular flexibility index (Phi) is 7.87. The molecule has 8 heteroatoms. The summed E-state index contributed by atoms with van der Waals surface area (Å²) in [7, 11) is 0. The third-order valence-electron chi connectivity index (χ3n) is 4.37. The first-order valence-electron chi connectivity index (χ1n) is 9.61. The molecule has 1 N–H and O–H groups in total. The second-order valence-electron chi connectivity index (χ2n) is 6.89. The van der Waals surface area contributed by atoms with Gasteiger partial charge in [-0.3, -0.25) is 4.79 Å². The van der Waals surface area contributed by atoms with E-state index in [1.165, 1.54) is 6.21 Å². The van der Waals surface area contributed by atoms with Crippen LogP contribution >= 0.6 is 23.2 Å². The van der Waals surface area contributed by atoms with E-state index in [9.17, 15) is 9.59 Å². The number of carbonyl (C=O) groups excluding carboxylic acids is 2. The predicted molar refractivity (Wildman–Crippen MR) is 125 cm³/mol. The van der Waals surface area contributed by atoms with Gasteiger partial charge in [-0.15, -0.1) is 0 Å². The second kappa shape index (κ2) is 10.8. The van der Waals surface area contributed by atoms with Crippen LogP contribution in [0.3, 0.4) is 0 Å². The molecule has 32 heavy (non-hydrogen) atoms. The van der Waals surface area contributed by atoms with E-state index in [0.29, 0.717) is 27.1 Å². The number of nitrogens with one attached hydrogen (secondary N) is 1. The number of hydrazone groups is 1. The van der Waals surface area contributed by atoms with E-state index < -0.39 is 11.9 Å². The topological polar surface area (TPSA) is 77.0 Å². The Balaban J connectivity index is 1.49. The Morgan fingerprint density at radius 2 is 1.62 bits per heavy atom. The van der Waals surface area contributed by atoms with Crippen LogP contribution in [0, 0.1) is 13.8 Å². The van der Waals surface area contributed by atoms with Gasteiger partial charge in [0.2, 0.25) is 0 Å². The number of nitrogens with zero attached hydrogens (tertiary/aromatic N) is 1. The van der Waals surface area contributed by atoms with Gasteiger partial charge in [0, 0.05) is 5.02 Å². The van der Waals surface area contributed by atoms with Crippen molar-refractivity contribution >= 4 is 41.3 Å². The SMILES string of the molecule is Cc1cc(OCC(=O)N/N=C\c2ccc(OC(=O)c3ccccc3Cl)cc2)cc(C)c1Cl. The van der Waals surface area contributed by atoms with Crippen LogP contribution in [0.1, 0.15) is 27.0 Å². The van der Waals surface area contributed by atoms with Crippen molar-refractivity contribution in [2.75, 3.05) is 6.61 Å². The number of ether oxygens (including phenoxy) is 2. The molecule has 6 nitrogen and oxygen atoms in total. The number of carbonyl (C=O) groups is 2. The highest BCUT2D eigenvalue weighted by Gasteiger charge is 2.12. The lowest BCUT2D eigenvalue weighted by molar-refractivity contribution is -0.123. The van der Waals surface area contributed by atoms with E-state index in [1.54, 1.807) is 60.7 Å². The Morgan fingerprint density at radius 1 is 0.969 bits per heavy atom. The Bertz CT molecular complexity index is 1140. The zero-order valence-corrected chi connectivity index (χ0v) is 18.9. The highest BCUT2D eigenvalue weighted by Crippen LogP contribution is 2.25. The van der Waals surface area contributed by atoms with Crippen molar-refractivity contribution in [1.29, 1.82) is 0 Å². The number of aryl methyl sites for hydroxylation is 2. The molecule has 0 heterocycles. The monoisotopic (exact) mass is 470 g/mol. The number of benzene rings is 3. The molecule has 0 aromatic heterocycles. The summed E-state index contributed by atoms with van der Waals surface area (Å²) in [5, 5.41) is 4.90. The summed E-state index contributed by atoms with van der Waals surface area (Å²) in [5.41, 5.74) is 5.14. The van der Waals surface area contributed by atoms with Crippen molar-refractivity contribution < 1.29 is 19.1 Å². The molecule has 3 aromatic carbocycles. The van der Waals surface area contributed by atoms with E-state index in [-0.39, 0.29) is 12.2 Å². The lowest BCUT2D eigenvalue weighted by Crippen LogP contribution is -2.24. The van der Waals surface area contributed by atoms with Crippen molar-refractivity contribution in [2.45, 2.75) is 13.8 Å². The molecule has 0 atom stereocenters. The summed E-state index contributed by atoms with van der Waals surface area (Å²) in [5.74, 6) is -0.0318. The van der Waals surface area contributed by atoms with E-state index in [4.69, 9.17) is 32.7 Å². The van der Waals surface area contributed by atoms with Gasteiger partial charge in [0.15, 0.2) is 6.61 Å². The van der Waals surface area contributed by atoms with Crippen LogP contribution in [-0.4, -0.2) is 24.7 Å². The zero-order chi connectivity index (χ0) is 23.1. The maximum absolute atomic E-state index is 12.2.